The molecule has 0 radical (unpaired) electrons. The van der Waals surface area contributed by atoms with Crippen LogP contribution in [0.15, 0.2) is 0 Å². The number of nitrogens with two attached hydrogens (primary N) is 1. The molecule has 3 N–H and O–H groups in total. The zero-order valence-corrected chi connectivity index (χ0v) is 10.6. The van der Waals surface area contributed by atoms with E-state index >= 15 is 0 Å². The highest BCUT2D eigenvalue weighted by atomic mass is 16.5. The smallest absolute Gasteiger partial charge is 0.0966 e. The summed E-state index contributed by atoms with van der Waals surface area (Å²) >= 11 is 0. The zero-order chi connectivity index (χ0) is 12.0. The van der Waals surface area contributed by atoms with Gasteiger partial charge in [0.15, 0.2) is 0 Å². The number of piperidine rings is 1. The number of rotatable bonds is 6. The highest BCUT2D eigenvalue weighted by molar-refractivity contribution is 5.83. The number of nitrogens with zero attached hydrogens (tertiary/aromatic N) is 1. The fourth-order valence-corrected chi connectivity index (χ4v) is 2.12. The summed E-state index contributed by atoms with van der Waals surface area (Å²) in [6.07, 6.45) is 4.38. The van der Waals surface area contributed by atoms with Crippen LogP contribution in [0.5, 0.6) is 0 Å². The lowest BCUT2D eigenvalue weighted by atomic mass is 9.79. The Bertz CT molecular complexity index is 222. The van der Waals surface area contributed by atoms with E-state index in [1.165, 1.54) is 6.42 Å². The molecule has 0 saturated carbocycles. The summed E-state index contributed by atoms with van der Waals surface area (Å²) in [4.78, 5) is 2.47. The Morgan fingerprint density at radius 3 is 2.50 bits per heavy atom. The molecule has 0 atom stereocenters. The monoisotopic (exact) mass is 227 g/mol. The Hall–Kier alpha value is -0.610. The Morgan fingerprint density at radius 2 is 2.00 bits per heavy atom. The summed E-state index contributed by atoms with van der Waals surface area (Å²) < 4.78 is 5.03. The van der Waals surface area contributed by atoms with Crippen molar-refractivity contribution in [3.63, 3.8) is 0 Å². The van der Waals surface area contributed by atoms with Crippen LogP contribution in [0.1, 0.15) is 32.6 Å². The molecule has 0 aromatic rings. The molecule has 0 spiro atoms. The highest BCUT2D eigenvalue weighted by Gasteiger charge is 2.32. The van der Waals surface area contributed by atoms with Crippen LogP contribution in [-0.4, -0.2) is 44.1 Å². The molecule has 4 nitrogen and oxygen atoms in total. The van der Waals surface area contributed by atoms with Crippen LogP contribution in [0.25, 0.3) is 0 Å². The minimum Gasteiger partial charge on any atom is -0.387 e. The number of amidine groups is 1. The van der Waals surface area contributed by atoms with Gasteiger partial charge in [-0.15, -0.1) is 0 Å². The maximum atomic E-state index is 7.59. The van der Waals surface area contributed by atoms with Crippen molar-refractivity contribution in [1.29, 1.82) is 5.41 Å². The third kappa shape index (κ3) is 3.76. The van der Waals surface area contributed by atoms with Crippen molar-refractivity contribution in [3.8, 4) is 0 Å². The van der Waals surface area contributed by atoms with Crippen molar-refractivity contribution in [2.24, 2.45) is 11.1 Å². The zero-order valence-electron chi connectivity index (χ0n) is 10.6. The molecule has 0 aromatic carbocycles. The second kappa shape index (κ2) is 6.21. The quantitative estimate of drug-likeness (QED) is 0.410. The Labute approximate surface area is 98.6 Å². The molecule has 0 unspecified atom stereocenters. The number of hydrogen-bond donors (Lipinski definition) is 2. The first kappa shape index (κ1) is 13.5. The van der Waals surface area contributed by atoms with Gasteiger partial charge < -0.3 is 15.4 Å². The maximum absolute atomic E-state index is 7.59. The molecular formula is C12H25N3O. The molecule has 1 saturated heterocycles. The molecule has 0 amide bonds. The van der Waals surface area contributed by atoms with Crippen molar-refractivity contribution < 1.29 is 4.74 Å². The normalized spacial score (nSPS) is 20.9. The van der Waals surface area contributed by atoms with E-state index in [4.69, 9.17) is 15.9 Å². The summed E-state index contributed by atoms with van der Waals surface area (Å²) in [5, 5.41) is 7.59. The number of ether oxygens (including phenoxy) is 1. The molecule has 0 aliphatic carbocycles. The number of methoxy groups -OCH3 is 1. The van der Waals surface area contributed by atoms with Gasteiger partial charge in [-0.1, -0.05) is 6.92 Å². The van der Waals surface area contributed by atoms with Gasteiger partial charge >= 0.3 is 0 Å². The third-order valence-electron chi connectivity index (χ3n) is 3.68. The predicted molar refractivity (Wildman–Crippen MR) is 66.8 cm³/mol. The van der Waals surface area contributed by atoms with Crippen molar-refractivity contribution in [1.82, 2.24) is 4.90 Å². The van der Waals surface area contributed by atoms with E-state index in [2.05, 4.69) is 11.8 Å². The van der Waals surface area contributed by atoms with E-state index in [9.17, 15) is 0 Å². The average molecular weight is 227 g/mol. The summed E-state index contributed by atoms with van der Waals surface area (Å²) in [7, 11) is 1.75. The fourth-order valence-electron chi connectivity index (χ4n) is 2.12. The van der Waals surface area contributed by atoms with Crippen molar-refractivity contribution in [2.45, 2.75) is 32.6 Å². The third-order valence-corrected chi connectivity index (χ3v) is 3.68. The highest BCUT2D eigenvalue weighted by Crippen LogP contribution is 2.30. The van der Waals surface area contributed by atoms with Gasteiger partial charge in [0.1, 0.15) is 0 Å². The van der Waals surface area contributed by atoms with Crippen LogP contribution in [0, 0.1) is 10.8 Å². The Morgan fingerprint density at radius 1 is 1.38 bits per heavy atom. The first-order valence-electron chi connectivity index (χ1n) is 6.14. The largest absolute Gasteiger partial charge is 0.387 e. The molecule has 4 heteroatoms. The summed E-state index contributed by atoms with van der Waals surface area (Å²) in [6, 6.07) is 0. The first-order chi connectivity index (χ1) is 7.58. The SMILES string of the molecule is COCCCCN1CCC(C)(C(=N)N)CC1. The molecule has 1 heterocycles. The van der Waals surface area contributed by atoms with Crippen LogP contribution in [0.2, 0.25) is 0 Å². The Kier molecular flexibility index (Phi) is 5.22. The summed E-state index contributed by atoms with van der Waals surface area (Å²) in [6.45, 7) is 6.26. The molecular weight excluding hydrogens is 202 g/mol. The van der Waals surface area contributed by atoms with Gasteiger partial charge in [-0.05, 0) is 45.3 Å². The lowest BCUT2D eigenvalue weighted by molar-refractivity contribution is 0.149. The van der Waals surface area contributed by atoms with Crippen LogP contribution in [-0.2, 0) is 4.74 Å². The molecule has 0 bridgehead atoms. The second-order valence-corrected chi connectivity index (χ2v) is 5.02. The molecule has 1 aliphatic heterocycles. The van der Waals surface area contributed by atoms with E-state index in [1.54, 1.807) is 7.11 Å². The minimum absolute atomic E-state index is 0.0525. The van der Waals surface area contributed by atoms with Crippen molar-refractivity contribution in [2.75, 3.05) is 33.4 Å². The Balaban J connectivity index is 2.19. The molecule has 1 rings (SSSR count). The standard InChI is InChI=1S/C12H25N3O/c1-12(11(13)14)5-8-15(9-6-12)7-3-4-10-16-2/h3-10H2,1-2H3,(H3,13,14). The minimum atomic E-state index is -0.0525. The molecule has 1 aliphatic rings. The van der Waals surface area contributed by atoms with Crippen molar-refractivity contribution >= 4 is 5.84 Å². The van der Waals surface area contributed by atoms with Crippen LogP contribution in [0.4, 0.5) is 0 Å². The van der Waals surface area contributed by atoms with Gasteiger partial charge in [0.25, 0.3) is 0 Å². The molecule has 1 fully saturated rings. The van der Waals surface area contributed by atoms with Gasteiger partial charge in [0.2, 0.25) is 0 Å². The van der Waals surface area contributed by atoms with Gasteiger partial charge in [0, 0.05) is 19.1 Å². The number of likely N-dealkylation sites (tertiary alicyclic amines) is 1. The van der Waals surface area contributed by atoms with Crippen molar-refractivity contribution in [3.05, 3.63) is 0 Å². The maximum Gasteiger partial charge on any atom is 0.0966 e. The lowest BCUT2D eigenvalue weighted by Crippen LogP contribution is -2.45. The van der Waals surface area contributed by atoms with Crippen LogP contribution in [0.3, 0.4) is 0 Å². The molecule has 0 aromatic heterocycles. The number of unbranched alkanes of at least 4 members (excludes halogenated alkanes) is 1. The van der Waals surface area contributed by atoms with Crippen LogP contribution < -0.4 is 5.73 Å². The van der Waals surface area contributed by atoms with E-state index in [1.807, 2.05) is 0 Å². The number of hydrogen-bond acceptors (Lipinski definition) is 3. The summed E-state index contributed by atoms with van der Waals surface area (Å²) in [5.74, 6) is 0.353. The van der Waals surface area contributed by atoms with Crippen LogP contribution >= 0.6 is 0 Å². The lowest BCUT2D eigenvalue weighted by Gasteiger charge is -2.38. The van der Waals surface area contributed by atoms with Gasteiger partial charge in [-0.3, -0.25) is 5.41 Å². The van der Waals surface area contributed by atoms with E-state index in [-0.39, 0.29) is 5.41 Å². The fraction of sp³-hybridized carbons (Fsp3) is 0.917. The van der Waals surface area contributed by atoms with Gasteiger partial charge in [-0.25, -0.2) is 0 Å². The first-order valence-corrected chi connectivity index (χ1v) is 6.14. The van der Waals surface area contributed by atoms with E-state index in [0.29, 0.717) is 5.84 Å². The van der Waals surface area contributed by atoms with Gasteiger partial charge in [-0.2, -0.15) is 0 Å². The summed E-state index contributed by atoms with van der Waals surface area (Å²) in [5.41, 5.74) is 5.58. The van der Waals surface area contributed by atoms with E-state index < -0.39 is 0 Å². The van der Waals surface area contributed by atoms with E-state index in [0.717, 1.165) is 45.5 Å². The second-order valence-electron chi connectivity index (χ2n) is 5.02. The van der Waals surface area contributed by atoms with Gasteiger partial charge in [0.05, 0.1) is 5.84 Å². The molecule has 94 valence electrons. The average Bonchev–Trinajstić information content (AvgIpc) is 2.27. The topological polar surface area (TPSA) is 62.3 Å². The molecule has 16 heavy (non-hydrogen) atoms. The number of nitrogens with one attached hydrogen (secondary N) is 1. The predicted octanol–water partition coefficient (Wildman–Crippen LogP) is 1.45.